The van der Waals surface area contributed by atoms with Gasteiger partial charge in [0.2, 0.25) is 6.08 Å². The minimum atomic E-state index is -0.688. The van der Waals surface area contributed by atoms with E-state index in [4.69, 9.17) is 5.26 Å². The molecule has 0 aliphatic carbocycles. The standard InChI is InChI=1S/C8H6N2OS/c1-6-2-7(4-12-6)8(3-9)10-5-11/h2,4,8H,1H3. The van der Waals surface area contributed by atoms with Gasteiger partial charge in [-0.05, 0) is 18.4 Å². The lowest BCUT2D eigenvalue weighted by Gasteiger charge is -1.93. The summed E-state index contributed by atoms with van der Waals surface area (Å²) in [6.07, 6.45) is 1.38. The van der Waals surface area contributed by atoms with Gasteiger partial charge in [0.25, 0.3) is 0 Å². The molecule has 0 amide bonds. The normalized spacial score (nSPS) is 11.3. The van der Waals surface area contributed by atoms with Gasteiger partial charge in [0, 0.05) is 10.4 Å². The summed E-state index contributed by atoms with van der Waals surface area (Å²) in [5.74, 6) is 0. The zero-order valence-electron chi connectivity index (χ0n) is 6.44. The van der Waals surface area contributed by atoms with E-state index < -0.39 is 6.04 Å². The average molecular weight is 178 g/mol. The molecule has 0 N–H and O–H groups in total. The van der Waals surface area contributed by atoms with Crippen molar-refractivity contribution in [3.05, 3.63) is 21.9 Å². The van der Waals surface area contributed by atoms with Crippen LogP contribution in [0.4, 0.5) is 0 Å². The van der Waals surface area contributed by atoms with Crippen molar-refractivity contribution in [3.8, 4) is 6.07 Å². The van der Waals surface area contributed by atoms with Gasteiger partial charge < -0.3 is 0 Å². The molecule has 0 radical (unpaired) electrons. The van der Waals surface area contributed by atoms with Crippen molar-refractivity contribution in [2.45, 2.75) is 13.0 Å². The van der Waals surface area contributed by atoms with Gasteiger partial charge >= 0.3 is 0 Å². The van der Waals surface area contributed by atoms with E-state index >= 15 is 0 Å². The summed E-state index contributed by atoms with van der Waals surface area (Å²) in [6, 6.07) is 3.07. The van der Waals surface area contributed by atoms with Crippen LogP contribution in [0.2, 0.25) is 0 Å². The van der Waals surface area contributed by atoms with E-state index in [2.05, 4.69) is 4.99 Å². The number of aryl methyl sites for hydroxylation is 1. The number of aliphatic imine (C=N–C) groups is 1. The Labute approximate surface area is 74.0 Å². The lowest BCUT2D eigenvalue weighted by molar-refractivity contribution is 0.561. The summed E-state index contributed by atoms with van der Waals surface area (Å²) in [5.41, 5.74) is 0.767. The summed E-state index contributed by atoms with van der Waals surface area (Å²) >= 11 is 1.53. The number of carbonyl (C=O) groups excluding carboxylic acids is 1. The summed E-state index contributed by atoms with van der Waals surface area (Å²) in [5, 5.41) is 10.4. The summed E-state index contributed by atoms with van der Waals surface area (Å²) in [7, 11) is 0. The fourth-order valence-electron chi connectivity index (χ4n) is 0.838. The number of nitrogens with zero attached hydrogens (tertiary/aromatic N) is 2. The van der Waals surface area contributed by atoms with Crippen LogP contribution in [0.1, 0.15) is 16.5 Å². The smallest absolute Gasteiger partial charge is 0.211 e. The van der Waals surface area contributed by atoms with Crippen molar-refractivity contribution >= 4 is 17.4 Å². The van der Waals surface area contributed by atoms with Crippen LogP contribution >= 0.6 is 11.3 Å². The molecule has 1 unspecified atom stereocenters. The molecule has 60 valence electrons. The highest BCUT2D eigenvalue weighted by atomic mass is 32.1. The van der Waals surface area contributed by atoms with Crippen LogP contribution in [0.3, 0.4) is 0 Å². The zero-order chi connectivity index (χ0) is 8.97. The molecule has 1 rings (SSSR count). The molecular weight excluding hydrogens is 172 g/mol. The minimum Gasteiger partial charge on any atom is -0.211 e. The third kappa shape index (κ3) is 1.79. The van der Waals surface area contributed by atoms with Crippen LogP contribution in [-0.2, 0) is 4.79 Å². The van der Waals surface area contributed by atoms with Crippen molar-refractivity contribution in [2.75, 3.05) is 0 Å². The topological polar surface area (TPSA) is 53.2 Å². The number of thiophene rings is 1. The maximum Gasteiger partial charge on any atom is 0.236 e. The largest absolute Gasteiger partial charge is 0.236 e. The van der Waals surface area contributed by atoms with E-state index in [9.17, 15) is 4.79 Å². The van der Waals surface area contributed by atoms with Gasteiger partial charge in [0.15, 0.2) is 6.04 Å². The van der Waals surface area contributed by atoms with E-state index in [1.807, 2.05) is 24.4 Å². The second-order valence-electron chi connectivity index (χ2n) is 2.24. The molecule has 1 heterocycles. The summed E-state index contributed by atoms with van der Waals surface area (Å²) in [6.45, 7) is 1.94. The zero-order valence-corrected chi connectivity index (χ0v) is 7.26. The molecule has 4 heteroatoms. The second kappa shape index (κ2) is 3.82. The first-order chi connectivity index (χ1) is 5.77. The first-order valence-corrected chi connectivity index (χ1v) is 4.17. The Kier molecular flexibility index (Phi) is 2.76. The van der Waals surface area contributed by atoms with Crippen molar-refractivity contribution < 1.29 is 4.79 Å². The summed E-state index contributed by atoms with van der Waals surface area (Å²) in [4.78, 5) is 14.4. The maximum absolute atomic E-state index is 9.91. The Morgan fingerprint density at radius 2 is 2.50 bits per heavy atom. The Bertz CT molecular complexity index is 357. The predicted molar refractivity (Wildman–Crippen MR) is 45.5 cm³/mol. The lowest BCUT2D eigenvalue weighted by Crippen LogP contribution is -1.87. The van der Waals surface area contributed by atoms with Gasteiger partial charge in [0.1, 0.15) is 0 Å². The van der Waals surface area contributed by atoms with Gasteiger partial charge in [-0.1, -0.05) is 0 Å². The molecule has 0 spiro atoms. The molecule has 0 aromatic carbocycles. The molecule has 3 nitrogen and oxygen atoms in total. The molecule has 1 aromatic heterocycles. The first-order valence-electron chi connectivity index (χ1n) is 3.29. The van der Waals surface area contributed by atoms with Gasteiger partial charge in [-0.3, -0.25) is 0 Å². The van der Waals surface area contributed by atoms with Gasteiger partial charge in [-0.15, -0.1) is 11.3 Å². The number of rotatable bonds is 2. The second-order valence-corrected chi connectivity index (χ2v) is 3.36. The first kappa shape index (κ1) is 8.66. The number of hydrogen-bond donors (Lipinski definition) is 0. The number of hydrogen-bond acceptors (Lipinski definition) is 4. The minimum absolute atomic E-state index is 0.688. The van der Waals surface area contributed by atoms with Crippen molar-refractivity contribution in [1.82, 2.24) is 0 Å². The van der Waals surface area contributed by atoms with Crippen LogP contribution in [0, 0.1) is 18.3 Å². The Morgan fingerprint density at radius 1 is 1.75 bits per heavy atom. The molecule has 0 aliphatic rings. The third-order valence-corrected chi connectivity index (χ3v) is 2.25. The van der Waals surface area contributed by atoms with Crippen LogP contribution in [-0.4, -0.2) is 6.08 Å². The number of isocyanates is 1. The third-order valence-electron chi connectivity index (χ3n) is 1.37. The molecule has 0 bridgehead atoms. The highest BCUT2D eigenvalue weighted by molar-refractivity contribution is 7.10. The van der Waals surface area contributed by atoms with Crippen molar-refractivity contribution in [2.24, 2.45) is 4.99 Å². The molecule has 0 aliphatic heterocycles. The molecule has 0 saturated heterocycles. The van der Waals surface area contributed by atoms with Gasteiger partial charge in [0.05, 0.1) is 6.07 Å². The van der Waals surface area contributed by atoms with E-state index in [1.165, 1.54) is 17.4 Å². The highest BCUT2D eigenvalue weighted by Gasteiger charge is 2.09. The maximum atomic E-state index is 9.91. The monoisotopic (exact) mass is 178 g/mol. The quantitative estimate of drug-likeness (QED) is 0.513. The van der Waals surface area contributed by atoms with Crippen LogP contribution in [0.5, 0.6) is 0 Å². The van der Waals surface area contributed by atoms with E-state index in [1.54, 1.807) is 0 Å². The SMILES string of the molecule is Cc1cc(C(C#N)N=C=O)cs1. The molecule has 0 saturated carbocycles. The van der Waals surface area contributed by atoms with Crippen LogP contribution in [0.15, 0.2) is 16.4 Å². The van der Waals surface area contributed by atoms with Gasteiger partial charge in [-0.2, -0.15) is 10.3 Å². The molecule has 0 fully saturated rings. The molecule has 12 heavy (non-hydrogen) atoms. The van der Waals surface area contributed by atoms with E-state index in [-0.39, 0.29) is 0 Å². The van der Waals surface area contributed by atoms with E-state index in [0.29, 0.717) is 0 Å². The number of nitriles is 1. The lowest BCUT2D eigenvalue weighted by atomic mass is 10.2. The highest BCUT2D eigenvalue weighted by Crippen LogP contribution is 2.21. The van der Waals surface area contributed by atoms with Crippen molar-refractivity contribution in [3.63, 3.8) is 0 Å². The van der Waals surface area contributed by atoms with Crippen molar-refractivity contribution in [1.29, 1.82) is 5.26 Å². The van der Waals surface area contributed by atoms with Crippen LogP contribution < -0.4 is 0 Å². The average Bonchev–Trinajstić information content (AvgIpc) is 2.47. The Balaban J connectivity index is 2.96. The Hall–Kier alpha value is -1.43. The summed E-state index contributed by atoms with van der Waals surface area (Å²) < 4.78 is 0. The van der Waals surface area contributed by atoms with E-state index in [0.717, 1.165) is 10.4 Å². The fourth-order valence-corrected chi connectivity index (χ4v) is 1.56. The molecule has 1 atom stereocenters. The van der Waals surface area contributed by atoms with Crippen LogP contribution in [0.25, 0.3) is 0 Å². The Morgan fingerprint density at radius 3 is 2.92 bits per heavy atom. The van der Waals surface area contributed by atoms with Gasteiger partial charge in [-0.25, -0.2) is 4.79 Å². The predicted octanol–water partition coefficient (Wildman–Crippen LogP) is 1.96. The fraction of sp³-hybridized carbons (Fsp3) is 0.250. The molecule has 1 aromatic rings. The molecular formula is C8H6N2OS.